The lowest BCUT2D eigenvalue weighted by Gasteiger charge is -2.24. The van der Waals surface area contributed by atoms with E-state index in [0.29, 0.717) is 19.4 Å². The molecular formula is C11H21N3O2. The number of hydrogen-bond donors (Lipinski definition) is 3. The summed E-state index contributed by atoms with van der Waals surface area (Å²) in [5, 5.41) is 5.59. The predicted molar refractivity (Wildman–Crippen MR) is 61.7 cm³/mol. The van der Waals surface area contributed by atoms with Gasteiger partial charge < -0.3 is 16.4 Å². The number of amides is 2. The van der Waals surface area contributed by atoms with Crippen LogP contribution in [0.5, 0.6) is 0 Å². The first-order chi connectivity index (χ1) is 7.63. The molecule has 1 aliphatic heterocycles. The van der Waals surface area contributed by atoms with Gasteiger partial charge in [-0.25, -0.2) is 0 Å². The van der Waals surface area contributed by atoms with Gasteiger partial charge in [0, 0.05) is 19.0 Å². The molecule has 0 aliphatic carbocycles. The number of piperidine rings is 1. The van der Waals surface area contributed by atoms with Crippen LogP contribution in [0.1, 0.15) is 39.0 Å². The Morgan fingerprint density at radius 3 is 3.00 bits per heavy atom. The molecule has 2 amide bonds. The second kappa shape index (κ2) is 6.48. The molecule has 0 aromatic carbocycles. The lowest BCUT2D eigenvalue weighted by molar-refractivity contribution is -0.126. The first kappa shape index (κ1) is 13.0. The normalized spacial score (nSPS) is 22.4. The topological polar surface area (TPSA) is 84.2 Å². The Kier molecular flexibility index (Phi) is 5.25. The molecule has 1 heterocycles. The fourth-order valence-corrected chi connectivity index (χ4v) is 1.72. The van der Waals surface area contributed by atoms with E-state index < -0.39 is 6.04 Å². The average molecular weight is 227 g/mol. The van der Waals surface area contributed by atoms with Crippen LogP contribution in [0.3, 0.4) is 0 Å². The maximum Gasteiger partial charge on any atom is 0.237 e. The summed E-state index contributed by atoms with van der Waals surface area (Å²) in [6.07, 6.45) is 3.92. The molecule has 1 fully saturated rings. The van der Waals surface area contributed by atoms with E-state index >= 15 is 0 Å². The first-order valence-electron chi connectivity index (χ1n) is 5.96. The molecule has 1 saturated heterocycles. The number of unbranched alkanes of at least 4 members (excludes halogenated alkanes) is 1. The predicted octanol–water partition coefficient (Wildman–Crippen LogP) is -0.101. The Bertz CT molecular complexity index is 246. The van der Waals surface area contributed by atoms with Crippen molar-refractivity contribution in [2.75, 3.05) is 6.54 Å². The van der Waals surface area contributed by atoms with Gasteiger partial charge in [-0.2, -0.15) is 0 Å². The van der Waals surface area contributed by atoms with Crippen LogP contribution < -0.4 is 16.4 Å². The Morgan fingerprint density at radius 2 is 2.44 bits per heavy atom. The van der Waals surface area contributed by atoms with Crippen LogP contribution in [0.15, 0.2) is 0 Å². The summed E-state index contributed by atoms with van der Waals surface area (Å²) in [6.45, 7) is 2.59. The number of hydrogen-bond acceptors (Lipinski definition) is 3. The summed E-state index contributed by atoms with van der Waals surface area (Å²) in [4.78, 5) is 22.6. The largest absolute Gasteiger partial charge is 0.354 e. The van der Waals surface area contributed by atoms with Crippen LogP contribution >= 0.6 is 0 Å². The lowest BCUT2D eigenvalue weighted by Crippen LogP contribution is -2.51. The highest BCUT2D eigenvalue weighted by atomic mass is 16.2. The minimum Gasteiger partial charge on any atom is -0.354 e. The average Bonchev–Trinajstić information content (AvgIpc) is 2.29. The van der Waals surface area contributed by atoms with Gasteiger partial charge in [-0.15, -0.1) is 0 Å². The molecule has 2 unspecified atom stereocenters. The fraction of sp³-hybridized carbons (Fsp3) is 0.818. The summed E-state index contributed by atoms with van der Waals surface area (Å²) < 4.78 is 0. The van der Waals surface area contributed by atoms with Crippen molar-refractivity contribution in [2.24, 2.45) is 5.73 Å². The molecule has 0 radical (unpaired) electrons. The third-order valence-electron chi connectivity index (χ3n) is 2.82. The van der Waals surface area contributed by atoms with Gasteiger partial charge in [0.1, 0.15) is 0 Å². The highest BCUT2D eigenvalue weighted by Crippen LogP contribution is 2.04. The van der Waals surface area contributed by atoms with Gasteiger partial charge in [0.15, 0.2) is 0 Å². The Labute approximate surface area is 96.1 Å². The van der Waals surface area contributed by atoms with Gasteiger partial charge in [0.25, 0.3) is 0 Å². The zero-order valence-electron chi connectivity index (χ0n) is 9.79. The van der Waals surface area contributed by atoms with Crippen molar-refractivity contribution < 1.29 is 9.59 Å². The fourth-order valence-electron chi connectivity index (χ4n) is 1.72. The van der Waals surface area contributed by atoms with Gasteiger partial charge in [-0.05, 0) is 12.8 Å². The number of nitrogens with two attached hydrogens (primary N) is 1. The van der Waals surface area contributed by atoms with Crippen molar-refractivity contribution in [3.8, 4) is 0 Å². The first-order valence-corrected chi connectivity index (χ1v) is 5.96. The molecule has 0 aromatic rings. The van der Waals surface area contributed by atoms with E-state index in [1.54, 1.807) is 0 Å². The lowest BCUT2D eigenvalue weighted by atomic mass is 10.1. The smallest absolute Gasteiger partial charge is 0.237 e. The number of nitrogens with one attached hydrogen (secondary N) is 2. The van der Waals surface area contributed by atoms with Crippen LogP contribution in [0.4, 0.5) is 0 Å². The van der Waals surface area contributed by atoms with Crippen LogP contribution in [0.2, 0.25) is 0 Å². The molecule has 5 nitrogen and oxygen atoms in total. The van der Waals surface area contributed by atoms with E-state index in [1.807, 2.05) is 0 Å². The minimum atomic E-state index is -0.419. The van der Waals surface area contributed by atoms with Crippen molar-refractivity contribution in [1.82, 2.24) is 10.6 Å². The van der Waals surface area contributed by atoms with E-state index in [9.17, 15) is 9.59 Å². The zero-order valence-corrected chi connectivity index (χ0v) is 9.79. The Balaban J connectivity index is 2.25. The van der Waals surface area contributed by atoms with E-state index in [0.717, 1.165) is 19.3 Å². The van der Waals surface area contributed by atoms with Crippen molar-refractivity contribution in [2.45, 2.75) is 51.1 Å². The second-order valence-electron chi connectivity index (χ2n) is 4.30. The molecule has 0 bridgehead atoms. The van der Waals surface area contributed by atoms with Crippen LogP contribution in [0.25, 0.3) is 0 Å². The van der Waals surface area contributed by atoms with E-state index in [2.05, 4.69) is 17.6 Å². The summed E-state index contributed by atoms with van der Waals surface area (Å²) in [5.74, 6) is -0.0459. The molecular weight excluding hydrogens is 206 g/mol. The maximum atomic E-state index is 11.6. The molecule has 0 spiro atoms. The standard InChI is InChI=1S/C11H21N3O2/c1-2-3-4-9(12)11(16)14-8-5-6-10(15)13-7-8/h8-9H,2-7,12H2,1H3,(H,13,15)(H,14,16). The molecule has 4 N–H and O–H groups in total. The highest BCUT2D eigenvalue weighted by Gasteiger charge is 2.21. The van der Waals surface area contributed by atoms with Crippen molar-refractivity contribution >= 4 is 11.8 Å². The molecule has 0 aromatic heterocycles. The van der Waals surface area contributed by atoms with Crippen molar-refractivity contribution in [1.29, 1.82) is 0 Å². The number of carbonyl (C=O) groups excluding carboxylic acids is 2. The summed E-state index contributed by atoms with van der Waals surface area (Å²) in [5.41, 5.74) is 5.75. The van der Waals surface area contributed by atoms with Crippen LogP contribution in [-0.2, 0) is 9.59 Å². The van der Waals surface area contributed by atoms with E-state index in [4.69, 9.17) is 5.73 Å². The third kappa shape index (κ3) is 4.18. The number of carbonyl (C=O) groups is 2. The van der Waals surface area contributed by atoms with Gasteiger partial charge in [0.2, 0.25) is 11.8 Å². The molecule has 16 heavy (non-hydrogen) atoms. The van der Waals surface area contributed by atoms with Gasteiger partial charge in [-0.1, -0.05) is 19.8 Å². The monoisotopic (exact) mass is 227 g/mol. The SMILES string of the molecule is CCCCC(N)C(=O)NC1CCC(=O)NC1. The van der Waals surface area contributed by atoms with Gasteiger partial charge >= 0.3 is 0 Å². The highest BCUT2D eigenvalue weighted by molar-refractivity contribution is 5.82. The Morgan fingerprint density at radius 1 is 1.69 bits per heavy atom. The minimum absolute atomic E-state index is 0.0397. The summed E-state index contributed by atoms with van der Waals surface area (Å²) in [6, 6.07) is -0.379. The van der Waals surface area contributed by atoms with Gasteiger partial charge in [-0.3, -0.25) is 9.59 Å². The molecule has 2 atom stereocenters. The van der Waals surface area contributed by atoms with Crippen molar-refractivity contribution in [3.05, 3.63) is 0 Å². The quantitative estimate of drug-likeness (QED) is 0.613. The molecule has 92 valence electrons. The molecule has 1 rings (SSSR count). The van der Waals surface area contributed by atoms with E-state index in [1.165, 1.54) is 0 Å². The molecule has 1 aliphatic rings. The molecule has 5 heteroatoms. The Hall–Kier alpha value is -1.10. The van der Waals surface area contributed by atoms with Crippen LogP contribution in [-0.4, -0.2) is 30.4 Å². The van der Waals surface area contributed by atoms with Gasteiger partial charge in [0.05, 0.1) is 6.04 Å². The van der Waals surface area contributed by atoms with Crippen molar-refractivity contribution in [3.63, 3.8) is 0 Å². The summed E-state index contributed by atoms with van der Waals surface area (Å²) >= 11 is 0. The van der Waals surface area contributed by atoms with E-state index in [-0.39, 0.29) is 17.9 Å². The summed E-state index contributed by atoms with van der Waals surface area (Å²) in [7, 11) is 0. The molecule has 0 saturated carbocycles. The number of rotatable bonds is 5. The maximum absolute atomic E-state index is 11.6. The second-order valence-corrected chi connectivity index (χ2v) is 4.30. The third-order valence-corrected chi connectivity index (χ3v) is 2.82. The van der Waals surface area contributed by atoms with Crippen LogP contribution in [0, 0.1) is 0 Å². The zero-order chi connectivity index (χ0) is 12.0.